The highest BCUT2D eigenvalue weighted by Crippen LogP contribution is 2.44. The fraction of sp³-hybridized carbons (Fsp3) is 0.389. The molecule has 1 aromatic rings. The topological polar surface area (TPSA) is 151 Å². The van der Waals surface area contributed by atoms with Crippen LogP contribution < -0.4 is 4.74 Å². The Morgan fingerprint density at radius 2 is 1.78 bits per heavy atom. The number of hydrogen-bond donors (Lipinski definition) is 4. The molecular formula is C18H18O9. The summed E-state index contributed by atoms with van der Waals surface area (Å²) in [6.07, 6.45) is -5.49. The number of benzene rings is 1. The van der Waals surface area contributed by atoms with Crippen molar-refractivity contribution >= 4 is 17.5 Å². The number of aromatic hydroxyl groups is 1. The van der Waals surface area contributed by atoms with E-state index in [9.17, 15) is 34.8 Å². The molecule has 27 heavy (non-hydrogen) atoms. The zero-order chi connectivity index (χ0) is 20.3. The normalized spacial score (nSPS) is 29.9. The molecule has 0 bridgehead atoms. The maximum absolute atomic E-state index is 12.9. The molecule has 144 valence electrons. The van der Waals surface area contributed by atoms with Crippen molar-refractivity contribution < 1.29 is 44.3 Å². The highest BCUT2D eigenvalue weighted by Gasteiger charge is 2.57. The van der Waals surface area contributed by atoms with Gasteiger partial charge >= 0.3 is 5.97 Å². The van der Waals surface area contributed by atoms with Crippen LogP contribution in [0.15, 0.2) is 23.3 Å². The van der Waals surface area contributed by atoms with E-state index in [0.717, 1.165) is 19.9 Å². The van der Waals surface area contributed by atoms with Crippen molar-refractivity contribution in [2.75, 3.05) is 7.11 Å². The first-order valence-corrected chi connectivity index (χ1v) is 8.02. The molecule has 0 radical (unpaired) electrons. The molecule has 0 unspecified atom stereocenters. The van der Waals surface area contributed by atoms with Gasteiger partial charge in [0.1, 0.15) is 29.3 Å². The van der Waals surface area contributed by atoms with Crippen LogP contribution >= 0.6 is 0 Å². The minimum absolute atomic E-state index is 0.104. The van der Waals surface area contributed by atoms with E-state index in [-0.39, 0.29) is 16.9 Å². The number of aliphatic hydroxyl groups is 3. The molecule has 0 saturated carbocycles. The van der Waals surface area contributed by atoms with Gasteiger partial charge in [0.2, 0.25) is 0 Å². The van der Waals surface area contributed by atoms with Crippen LogP contribution in [0.3, 0.4) is 0 Å². The molecule has 3 rings (SSSR count). The predicted molar refractivity (Wildman–Crippen MR) is 88.5 cm³/mol. The van der Waals surface area contributed by atoms with Crippen molar-refractivity contribution in [3.05, 3.63) is 34.4 Å². The van der Waals surface area contributed by atoms with Crippen LogP contribution in [-0.4, -0.2) is 69.0 Å². The summed E-state index contributed by atoms with van der Waals surface area (Å²) >= 11 is 0. The molecule has 0 heterocycles. The molecule has 4 atom stereocenters. The van der Waals surface area contributed by atoms with Gasteiger partial charge < -0.3 is 29.9 Å². The second-order valence-electron chi connectivity index (χ2n) is 6.66. The number of esters is 1. The van der Waals surface area contributed by atoms with Gasteiger partial charge in [-0.05, 0) is 13.0 Å². The molecule has 2 aliphatic rings. The number of carbonyl (C=O) groups excluding carboxylic acids is 3. The van der Waals surface area contributed by atoms with Gasteiger partial charge in [0.25, 0.3) is 0 Å². The molecule has 0 spiro atoms. The Morgan fingerprint density at radius 3 is 2.33 bits per heavy atom. The Labute approximate surface area is 153 Å². The summed E-state index contributed by atoms with van der Waals surface area (Å²) in [5, 5.41) is 41.9. The van der Waals surface area contributed by atoms with Crippen LogP contribution in [-0.2, 0) is 9.53 Å². The number of ether oxygens (including phenoxy) is 2. The second kappa shape index (κ2) is 6.15. The lowest BCUT2D eigenvalue weighted by Crippen LogP contribution is -2.63. The Balaban J connectivity index is 2.24. The Hall–Kier alpha value is -2.75. The van der Waals surface area contributed by atoms with Gasteiger partial charge in [-0.25, -0.2) is 0 Å². The third-order valence-electron chi connectivity index (χ3n) is 4.86. The predicted octanol–water partition coefficient (Wildman–Crippen LogP) is -0.505. The summed E-state index contributed by atoms with van der Waals surface area (Å²) in [4.78, 5) is 37.2. The van der Waals surface area contributed by atoms with Crippen LogP contribution in [0.5, 0.6) is 11.5 Å². The molecule has 9 heteroatoms. The van der Waals surface area contributed by atoms with E-state index >= 15 is 0 Å². The molecule has 4 N–H and O–H groups in total. The van der Waals surface area contributed by atoms with Crippen LogP contribution in [0, 0.1) is 0 Å². The second-order valence-corrected chi connectivity index (χ2v) is 6.66. The molecular weight excluding hydrogens is 360 g/mol. The number of phenols is 1. The average Bonchev–Trinajstić information content (AvgIpc) is 2.59. The van der Waals surface area contributed by atoms with E-state index in [1.165, 1.54) is 13.2 Å². The van der Waals surface area contributed by atoms with Gasteiger partial charge in [0.15, 0.2) is 17.7 Å². The Morgan fingerprint density at radius 1 is 1.15 bits per heavy atom. The maximum Gasteiger partial charge on any atom is 0.303 e. The van der Waals surface area contributed by atoms with Crippen LogP contribution in [0.2, 0.25) is 0 Å². The standard InChI is InChI=1S/C18H18O9/c1-6(19)27-17-15(23)11-12(16(24)18(17,2)25)13(21)8-4-7(26-3)5-9(20)10(8)14(11)22/h4-5,15-17,20,23-25H,1-3H3/t15-,16+,17+,18-/m0/s1. The van der Waals surface area contributed by atoms with Crippen LogP contribution in [0.1, 0.15) is 34.6 Å². The lowest BCUT2D eigenvalue weighted by molar-refractivity contribution is -0.191. The van der Waals surface area contributed by atoms with Crippen molar-refractivity contribution in [3.8, 4) is 11.5 Å². The first-order valence-electron chi connectivity index (χ1n) is 8.02. The van der Waals surface area contributed by atoms with Gasteiger partial charge in [-0.2, -0.15) is 0 Å². The van der Waals surface area contributed by atoms with E-state index in [4.69, 9.17) is 9.47 Å². The number of rotatable bonds is 2. The van der Waals surface area contributed by atoms with Crippen LogP contribution in [0.25, 0.3) is 0 Å². The number of carbonyl (C=O) groups is 3. The summed E-state index contributed by atoms with van der Waals surface area (Å²) in [5.41, 5.74) is -3.88. The summed E-state index contributed by atoms with van der Waals surface area (Å²) in [5.74, 6) is -3.08. The summed E-state index contributed by atoms with van der Waals surface area (Å²) in [7, 11) is 1.30. The largest absolute Gasteiger partial charge is 0.507 e. The molecule has 0 aliphatic heterocycles. The van der Waals surface area contributed by atoms with Crippen molar-refractivity contribution in [1.82, 2.24) is 0 Å². The Bertz CT molecular complexity index is 896. The Kier molecular flexibility index (Phi) is 4.34. The molecule has 0 saturated heterocycles. The lowest BCUT2D eigenvalue weighted by atomic mass is 9.68. The monoisotopic (exact) mass is 378 g/mol. The number of aliphatic hydroxyl groups excluding tert-OH is 2. The van der Waals surface area contributed by atoms with E-state index in [1.807, 2.05) is 0 Å². The van der Waals surface area contributed by atoms with Crippen molar-refractivity contribution in [2.24, 2.45) is 0 Å². The molecule has 2 aliphatic carbocycles. The van der Waals surface area contributed by atoms with Crippen molar-refractivity contribution in [1.29, 1.82) is 0 Å². The lowest BCUT2D eigenvalue weighted by Gasteiger charge is -2.45. The zero-order valence-corrected chi connectivity index (χ0v) is 14.7. The quantitative estimate of drug-likeness (QED) is 0.499. The minimum Gasteiger partial charge on any atom is -0.507 e. The first-order chi connectivity index (χ1) is 12.5. The summed E-state index contributed by atoms with van der Waals surface area (Å²) in [6.45, 7) is 2.11. The molecule has 0 aromatic heterocycles. The first kappa shape index (κ1) is 19.0. The fourth-order valence-corrected chi connectivity index (χ4v) is 3.51. The molecule has 9 nitrogen and oxygen atoms in total. The number of phenolic OH excluding ortho intramolecular Hbond substituents is 1. The van der Waals surface area contributed by atoms with Gasteiger partial charge in [0.05, 0.1) is 12.7 Å². The third-order valence-corrected chi connectivity index (χ3v) is 4.86. The highest BCUT2D eigenvalue weighted by atomic mass is 16.6. The number of hydrogen-bond acceptors (Lipinski definition) is 9. The number of ketones is 2. The summed E-state index contributed by atoms with van der Waals surface area (Å²) in [6, 6.07) is 2.34. The van der Waals surface area contributed by atoms with E-state index in [2.05, 4.69) is 0 Å². The van der Waals surface area contributed by atoms with E-state index in [1.54, 1.807) is 0 Å². The zero-order valence-electron chi connectivity index (χ0n) is 14.7. The van der Waals surface area contributed by atoms with Crippen molar-refractivity contribution in [3.63, 3.8) is 0 Å². The van der Waals surface area contributed by atoms with Gasteiger partial charge in [0, 0.05) is 29.7 Å². The van der Waals surface area contributed by atoms with Gasteiger partial charge in [-0.3, -0.25) is 14.4 Å². The highest BCUT2D eigenvalue weighted by molar-refractivity contribution is 6.29. The SMILES string of the molecule is COc1cc(O)c2c(c1)C(=O)C1=C(C2=O)[C@H](O)[C@@H](OC(C)=O)[C@@](C)(O)[C@@H]1O. The van der Waals surface area contributed by atoms with E-state index < -0.39 is 58.3 Å². The number of fused-ring (bicyclic) bond motifs is 1. The minimum atomic E-state index is -2.24. The third kappa shape index (κ3) is 2.62. The smallest absolute Gasteiger partial charge is 0.303 e. The molecule has 0 amide bonds. The van der Waals surface area contributed by atoms with Crippen molar-refractivity contribution in [2.45, 2.75) is 37.8 Å². The van der Waals surface area contributed by atoms with E-state index in [0.29, 0.717) is 0 Å². The fourth-order valence-electron chi connectivity index (χ4n) is 3.51. The van der Waals surface area contributed by atoms with Crippen LogP contribution in [0.4, 0.5) is 0 Å². The molecule has 1 aromatic carbocycles. The summed E-state index contributed by atoms with van der Waals surface area (Å²) < 4.78 is 9.87. The van der Waals surface area contributed by atoms with Gasteiger partial charge in [-0.15, -0.1) is 0 Å². The maximum atomic E-state index is 12.9. The average molecular weight is 378 g/mol. The molecule has 0 fully saturated rings. The van der Waals surface area contributed by atoms with Gasteiger partial charge in [-0.1, -0.05) is 0 Å². The number of Topliss-reactive ketones (excluding diaryl/α,β-unsaturated/α-hetero) is 2. The number of methoxy groups -OCH3 is 1.